The lowest BCUT2D eigenvalue weighted by molar-refractivity contribution is -0.00415. The van der Waals surface area contributed by atoms with E-state index in [1.165, 1.54) is 4.57 Å². The van der Waals surface area contributed by atoms with Crippen LogP contribution >= 0.6 is 0 Å². The summed E-state index contributed by atoms with van der Waals surface area (Å²) in [5.74, 6) is 0. The Bertz CT molecular complexity index is 1000. The first-order valence-electron chi connectivity index (χ1n) is 10.8. The van der Waals surface area contributed by atoms with E-state index in [4.69, 9.17) is 15.2 Å². The maximum absolute atomic E-state index is 13.1. The van der Waals surface area contributed by atoms with Gasteiger partial charge in [-0.15, -0.1) is 4.31 Å². The van der Waals surface area contributed by atoms with Crippen LogP contribution in [0.1, 0.15) is 44.1 Å². The van der Waals surface area contributed by atoms with Crippen molar-refractivity contribution in [2.75, 3.05) is 13.1 Å². The molecule has 1 saturated carbocycles. The third-order valence-corrected chi connectivity index (χ3v) is 7.53. The smallest absolute Gasteiger partial charge is 0.510 e. The van der Waals surface area contributed by atoms with Gasteiger partial charge in [-0.1, -0.05) is 12.5 Å². The molecule has 2 heterocycles. The van der Waals surface area contributed by atoms with Crippen molar-refractivity contribution in [3.05, 3.63) is 40.3 Å². The minimum atomic E-state index is -1.39. The average molecular weight is 448 g/mol. The second-order valence-electron chi connectivity index (χ2n) is 8.35. The molecule has 9 heteroatoms. The number of nitrogens with two attached hydrogens (primary N) is 1. The van der Waals surface area contributed by atoms with Gasteiger partial charge in [-0.25, -0.2) is 4.79 Å². The van der Waals surface area contributed by atoms with Crippen LogP contribution in [-0.4, -0.2) is 44.8 Å². The summed E-state index contributed by atoms with van der Waals surface area (Å²) in [5.41, 5.74) is 6.44. The second-order valence-corrected chi connectivity index (χ2v) is 9.81. The zero-order chi connectivity index (χ0) is 22.0. The molecule has 2 N–H and O–H groups in total. The largest absolute Gasteiger partial charge is 0.593 e. The molecule has 0 amide bonds. The summed E-state index contributed by atoms with van der Waals surface area (Å²) in [6, 6.07) is 5.24. The highest BCUT2D eigenvalue weighted by molar-refractivity contribution is 7.89. The molecule has 8 nitrogen and oxygen atoms in total. The first-order valence-corrected chi connectivity index (χ1v) is 11.9. The zero-order valence-electron chi connectivity index (χ0n) is 17.7. The van der Waals surface area contributed by atoms with E-state index in [2.05, 4.69) is 0 Å². The minimum absolute atomic E-state index is 0.0164. The topological polar surface area (TPSA) is 110 Å². The van der Waals surface area contributed by atoms with Gasteiger partial charge in [0.1, 0.15) is 6.10 Å². The fraction of sp³-hybridized carbons (Fsp3) is 0.545. The van der Waals surface area contributed by atoms with E-state index in [1.807, 2.05) is 11.2 Å². The van der Waals surface area contributed by atoms with Crippen molar-refractivity contribution in [1.82, 2.24) is 8.87 Å². The molecule has 1 aromatic heterocycles. The molecule has 1 aliphatic carbocycles. The number of ether oxygens (including phenoxy) is 2. The molecule has 0 spiro atoms. The summed E-state index contributed by atoms with van der Waals surface area (Å²) in [5, 5.41) is 1.12. The molecular weight excluding hydrogens is 418 g/mol. The van der Waals surface area contributed by atoms with E-state index in [1.54, 1.807) is 24.4 Å². The Morgan fingerprint density at radius 3 is 2.74 bits per heavy atom. The summed E-state index contributed by atoms with van der Waals surface area (Å²) >= 11 is -1.39. The van der Waals surface area contributed by atoms with Gasteiger partial charge in [-0.2, -0.15) is 0 Å². The highest BCUT2D eigenvalue weighted by Crippen LogP contribution is 2.28. The molecular formula is C22H29N3O5S. The van der Waals surface area contributed by atoms with Crippen molar-refractivity contribution in [2.45, 2.75) is 69.2 Å². The van der Waals surface area contributed by atoms with Gasteiger partial charge in [0.05, 0.1) is 23.3 Å². The van der Waals surface area contributed by atoms with Gasteiger partial charge in [0.15, 0.2) is 11.6 Å². The van der Waals surface area contributed by atoms with Crippen LogP contribution < -0.4 is 11.3 Å². The van der Waals surface area contributed by atoms with Crippen LogP contribution in [-0.2, 0) is 27.6 Å². The number of rotatable bonds is 5. The molecule has 31 heavy (non-hydrogen) atoms. The van der Waals surface area contributed by atoms with Crippen molar-refractivity contribution >= 4 is 28.3 Å². The monoisotopic (exact) mass is 447 g/mol. The predicted molar refractivity (Wildman–Crippen MR) is 118 cm³/mol. The number of carbonyl (C=O) groups is 1. The normalized spacial score (nSPS) is 21.3. The molecule has 4 rings (SSSR count). The molecule has 0 bridgehead atoms. The van der Waals surface area contributed by atoms with E-state index < -0.39 is 17.5 Å². The Morgan fingerprint density at radius 2 is 2.03 bits per heavy atom. The Hall–Kier alpha value is -2.07. The number of fused-ring (bicyclic) bond motifs is 1. The molecule has 0 radical (unpaired) electrons. The predicted octanol–water partition coefficient (Wildman–Crippen LogP) is 2.81. The van der Waals surface area contributed by atoms with Gasteiger partial charge in [0, 0.05) is 24.2 Å². The molecule has 2 aromatic rings. The van der Waals surface area contributed by atoms with Crippen LogP contribution in [0.4, 0.5) is 4.79 Å². The lowest BCUT2D eigenvalue weighted by Crippen LogP contribution is -2.32. The first-order chi connectivity index (χ1) is 14.9. The van der Waals surface area contributed by atoms with Crippen LogP contribution in [0.25, 0.3) is 10.8 Å². The van der Waals surface area contributed by atoms with Crippen molar-refractivity contribution in [3.8, 4) is 0 Å². The zero-order valence-corrected chi connectivity index (χ0v) is 18.6. The maximum Gasteiger partial charge on any atom is 0.510 e. The highest BCUT2D eigenvalue weighted by Gasteiger charge is 2.32. The van der Waals surface area contributed by atoms with Crippen LogP contribution in [0, 0.1) is 6.92 Å². The summed E-state index contributed by atoms with van der Waals surface area (Å²) in [7, 11) is 0. The number of hydrogen-bond donors (Lipinski definition) is 1. The van der Waals surface area contributed by atoms with Crippen LogP contribution in [0.3, 0.4) is 0 Å². The van der Waals surface area contributed by atoms with E-state index in [9.17, 15) is 14.1 Å². The van der Waals surface area contributed by atoms with Gasteiger partial charge in [-0.05, 0) is 56.7 Å². The van der Waals surface area contributed by atoms with Crippen molar-refractivity contribution < 1.29 is 18.8 Å². The molecule has 2 fully saturated rings. The van der Waals surface area contributed by atoms with E-state index in [0.717, 1.165) is 44.1 Å². The number of pyridine rings is 1. The van der Waals surface area contributed by atoms with Crippen LogP contribution in [0.15, 0.2) is 34.1 Å². The number of aryl methyl sites for hydroxylation is 1. The molecule has 1 aromatic carbocycles. The average Bonchev–Trinajstić information content (AvgIpc) is 3.21. The second kappa shape index (κ2) is 9.60. The Morgan fingerprint density at radius 1 is 1.26 bits per heavy atom. The summed E-state index contributed by atoms with van der Waals surface area (Å²) in [6.45, 7) is 2.86. The van der Waals surface area contributed by atoms with Gasteiger partial charge in [0.25, 0.3) is 5.56 Å². The molecule has 2 atom stereocenters. The quantitative estimate of drug-likeness (QED) is 0.554. The molecule has 168 valence electrons. The number of aromatic nitrogens is 1. The van der Waals surface area contributed by atoms with Crippen molar-refractivity contribution in [1.29, 1.82) is 0 Å². The van der Waals surface area contributed by atoms with Gasteiger partial charge >= 0.3 is 6.16 Å². The van der Waals surface area contributed by atoms with E-state index in [-0.39, 0.29) is 24.4 Å². The summed E-state index contributed by atoms with van der Waals surface area (Å²) in [6.07, 6.45) is 6.55. The van der Waals surface area contributed by atoms with E-state index in [0.29, 0.717) is 28.8 Å². The third-order valence-electron chi connectivity index (χ3n) is 6.01. The lowest BCUT2D eigenvalue weighted by Gasteiger charge is -2.22. The molecule has 1 aliphatic heterocycles. The SMILES string of the molecule is Cc1cn(COC(=O)OC2CCCCC2)c(=O)c2cccc([S+]([O-])N3CCC(N)C3)c12. The standard InChI is InChI=1S/C22H29N3O5S/c1-15-12-24(14-29-22(27)30-17-6-3-2-4-7-17)21(26)18-8-5-9-19(20(15)18)31(28)25-11-10-16(23)13-25/h5,8-9,12,16-17H,2-4,6-7,10-11,13-14,23H2,1H3. The number of carbonyl (C=O) groups excluding carboxylic acids is 1. The van der Waals surface area contributed by atoms with Gasteiger partial charge in [0.2, 0.25) is 0 Å². The minimum Gasteiger partial charge on any atom is -0.593 e. The van der Waals surface area contributed by atoms with Crippen molar-refractivity contribution in [3.63, 3.8) is 0 Å². The Kier molecular flexibility index (Phi) is 6.86. The van der Waals surface area contributed by atoms with Crippen molar-refractivity contribution in [2.24, 2.45) is 5.73 Å². The number of nitrogens with zero attached hydrogens (tertiary/aromatic N) is 2. The fourth-order valence-electron chi connectivity index (χ4n) is 4.39. The maximum atomic E-state index is 13.1. The highest BCUT2D eigenvalue weighted by atomic mass is 32.2. The van der Waals surface area contributed by atoms with Gasteiger partial charge < -0.3 is 19.8 Å². The van der Waals surface area contributed by atoms with Crippen LogP contribution in [0.2, 0.25) is 0 Å². The molecule has 2 unspecified atom stereocenters. The molecule has 2 aliphatic rings. The summed E-state index contributed by atoms with van der Waals surface area (Å²) in [4.78, 5) is 25.7. The van der Waals surface area contributed by atoms with E-state index >= 15 is 0 Å². The molecule has 1 saturated heterocycles. The van der Waals surface area contributed by atoms with Crippen LogP contribution in [0.5, 0.6) is 0 Å². The number of hydrogen-bond acceptors (Lipinski definition) is 7. The lowest BCUT2D eigenvalue weighted by atomic mass is 9.98. The Labute approximate surface area is 184 Å². The summed E-state index contributed by atoms with van der Waals surface area (Å²) < 4.78 is 26.9. The number of benzene rings is 1. The fourth-order valence-corrected chi connectivity index (χ4v) is 5.90. The third kappa shape index (κ3) is 4.90. The first kappa shape index (κ1) is 22.1. The Balaban J connectivity index is 1.53. The van der Waals surface area contributed by atoms with Gasteiger partial charge in [-0.3, -0.25) is 9.36 Å².